The zero-order chi connectivity index (χ0) is 9.47. The van der Waals surface area contributed by atoms with Gasteiger partial charge < -0.3 is 9.47 Å². The van der Waals surface area contributed by atoms with Crippen molar-refractivity contribution in [2.24, 2.45) is 0 Å². The molecule has 0 aliphatic carbocycles. The Morgan fingerprint density at radius 3 is 2.23 bits per heavy atom. The molecular weight excluding hydrogens is 173 g/mol. The van der Waals surface area contributed by atoms with Gasteiger partial charge in [0.05, 0.1) is 19.3 Å². The summed E-state index contributed by atoms with van der Waals surface area (Å²) in [4.78, 5) is 2.07. The molecule has 2 heterocycles. The molecule has 3 nitrogen and oxygen atoms in total. The molecule has 0 aromatic rings. The first kappa shape index (κ1) is 9.37. The van der Waals surface area contributed by atoms with Crippen LogP contribution in [0, 0.1) is 0 Å². The fourth-order valence-corrected chi connectivity index (χ4v) is 1.65. The minimum Gasteiger partial charge on any atom is -0.349 e. The van der Waals surface area contributed by atoms with E-state index >= 15 is 0 Å². The molecule has 2 saturated heterocycles. The van der Waals surface area contributed by atoms with Gasteiger partial charge in [-0.2, -0.15) is 0 Å². The van der Waals surface area contributed by atoms with Crippen LogP contribution in [0.25, 0.3) is 0 Å². The summed E-state index contributed by atoms with van der Waals surface area (Å²) in [6.45, 7) is 6.18. The minimum absolute atomic E-state index is 0.250. The molecule has 0 spiro atoms. The predicted molar refractivity (Wildman–Crippen MR) is 46.2 cm³/mol. The van der Waals surface area contributed by atoms with Gasteiger partial charge in [-0.15, -0.1) is 0 Å². The number of halogens is 1. The molecule has 76 valence electrons. The third kappa shape index (κ3) is 2.00. The minimum atomic E-state index is -0.644. The van der Waals surface area contributed by atoms with Gasteiger partial charge in [-0.1, -0.05) is 0 Å². The zero-order valence-corrected chi connectivity index (χ0v) is 8.12. The topological polar surface area (TPSA) is 21.7 Å². The van der Waals surface area contributed by atoms with Crippen molar-refractivity contribution >= 4 is 0 Å². The summed E-state index contributed by atoms with van der Waals surface area (Å²) in [6, 6.07) is 0.250. The summed E-state index contributed by atoms with van der Waals surface area (Å²) < 4.78 is 23.5. The smallest absolute Gasteiger partial charge is 0.162 e. The van der Waals surface area contributed by atoms with Gasteiger partial charge in [0, 0.05) is 13.1 Å². The van der Waals surface area contributed by atoms with Crippen molar-refractivity contribution in [1.82, 2.24) is 4.90 Å². The van der Waals surface area contributed by atoms with Crippen molar-refractivity contribution in [3.05, 3.63) is 0 Å². The van der Waals surface area contributed by atoms with E-state index in [9.17, 15) is 4.39 Å². The van der Waals surface area contributed by atoms with E-state index in [0.29, 0.717) is 26.3 Å². The van der Waals surface area contributed by atoms with E-state index in [1.807, 2.05) is 13.8 Å². The highest BCUT2D eigenvalue weighted by molar-refractivity contribution is 4.87. The van der Waals surface area contributed by atoms with Gasteiger partial charge in [-0.05, 0) is 13.8 Å². The Hall–Kier alpha value is -0.190. The van der Waals surface area contributed by atoms with E-state index in [1.165, 1.54) is 0 Å². The first-order valence-electron chi connectivity index (χ1n) is 4.73. The molecule has 0 bridgehead atoms. The number of ether oxygens (including phenoxy) is 2. The van der Waals surface area contributed by atoms with Crippen molar-refractivity contribution in [2.75, 3.05) is 26.3 Å². The lowest BCUT2D eigenvalue weighted by atomic mass is 10.1. The lowest BCUT2D eigenvalue weighted by molar-refractivity contribution is -0.269. The van der Waals surface area contributed by atoms with Crippen LogP contribution in [0.5, 0.6) is 0 Å². The molecule has 0 radical (unpaired) electrons. The van der Waals surface area contributed by atoms with Gasteiger partial charge in [-0.3, -0.25) is 4.90 Å². The molecule has 2 aliphatic heterocycles. The molecule has 0 N–H and O–H groups in total. The van der Waals surface area contributed by atoms with Gasteiger partial charge in [0.15, 0.2) is 5.79 Å². The second-order valence-electron chi connectivity index (χ2n) is 4.23. The van der Waals surface area contributed by atoms with E-state index in [-0.39, 0.29) is 6.04 Å². The first-order valence-corrected chi connectivity index (χ1v) is 4.73. The Labute approximate surface area is 77.8 Å². The molecule has 0 amide bonds. The molecule has 0 aromatic carbocycles. The number of hydrogen-bond donors (Lipinski definition) is 0. The van der Waals surface area contributed by atoms with Crippen molar-refractivity contribution in [3.8, 4) is 0 Å². The molecule has 2 fully saturated rings. The number of hydrogen-bond acceptors (Lipinski definition) is 3. The summed E-state index contributed by atoms with van der Waals surface area (Å²) in [5, 5.41) is 0. The van der Waals surface area contributed by atoms with Crippen molar-refractivity contribution in [3.63, 3.8) is 0 Å². The second-order valence-corrected chi connectivity index (χ2v) is 4.23. The predicted octanol–water partition coefficient (Wildman–Crippen LogP) is 0.792. The Kier molecular flexibility index (Phi) is 2.30. The number of rotatable bonds is 1. The third-order valence-electron chi connectivity index (χ3n) is 2.63. The fraction of sp³-hybridized carbons (Fsp3) is 1.00. The Bertz CT molecular complexity index is 182. The molecule has 13 heavy (non-hydrogen) atoms. The highest BCUT2D eigenvalue weighted by Gasteiger charge is 2.37. The maximum Gasteiger partial charge on any atom is 0.162 e. The third-order valence-corrected chi connectivity index (χ3v) is 2.63. The monoisotopic (exact) mass is 189 g/mol. The normalized spacial score (nSPS) is 31.6. The second kappa shape index (κ2) is 3.19. The quantitative estimate of drug-likeness (QED) is 0.608. The molecule has 4 heteroatoms. The van der Waals surface area contributed by atoms with Crippen LogP contribution in [0.3, 0.4) is 0 Å². The van der Waals surface area contributed by atoms with Crippen LogP contribution >= 0.6 is 0 Å². The van der Waals surface area contributed by atoms with Crippen molar-refractivity contribution in [2.45, 2.75) is 31.8 Å². The largest absolute Gasteiger partial charge is 0.349 e. The van der Waals surface area contributed by atoms with E-state index in [1.54, 1.807) is 0 Å². The lowest BCUT2D eigenvalue weighted by Gasteiger charge is -2.45. The average Bonchev–Trinajstić information content (AvgIpc) is 2.00. The Morgan fingerprint density at radius 1 is 1.23 bits per heavy atom. The number of likely N-dealkylation sites (tertiary alicyclic amines) is 1. The van der Waals surface area contributed by atoms with Crippen LogP contribution in [0.15, 0.2) is 0 Å². The molecule has 2 rings (SSSR count). The molecule has 0 aromatic heterocycles. The van der Waals surface area contributed by atoms with Crippen molar-refractivity contribution < 1.29 is 13.9 Å². The Balaban J connectivity index is 1.79. The molecule has 0 saturated carbocycles. The number of alkyl halides is 1. The zero-order valence-electron chi connectivity index (χ0n) is 8.12. The van der Waals surface area contributed by atoms with Crippen molar-refractivity contribution in [1.29, 1.82) is 0 Å². The molecular formula is C9H16FNO2. The van der Waals surface area contributed by atoms with E-state index in [0.717, 1.165) is 0 Å². The van der Waals surface area contributed by atoms with E-state index < -0.39 is 12.0 Å². The van der Waals surface area contributed by atoms with Gasteiger partial charge >= 0.3 is 0 Å². The molecule has 0 unspecified atom stereocenters. The standard InChI is InChI=1S/C9H16FNO2/c1-9(2)12-5-8(6-13-9)11-3-7(10)4-11/h7-8H,3-6H2,1-2H3. The molecule has 2 aliphatic rings. The SMILES string of the molecule is CC1(C)OCC(N2CC(F)C2)CO1. The van der Waals surface area contributed by atoms with Gasteiger partial charge in [0.25, 0.3) is 0 Å². The number of nitrogens with zero attached hydrogens (tertiary/aromatic N) is 1. The maximum absolute atomic E-state index is 12.6. The maximum atomic E-state index is 12.6. The van der Waals surface area contributed by atoms with Gasteiger partial charge in [0.1, 0.15) is 6.17 Å². The highest BCUT2D eigenvalue weighted by Crippen LogP contribution is 2.23. The van der Waals surface area contributed by atoms with E-state index in [4.69, 9.17) is 9.47 Å². The van der Waals surface area contributed by atoms with Crippen LogP contribution in [-0.4, -0.2) is 49.2 Å². The van der Waals surface area contributed by atoms with Gasteiger partial charge in [0.2, 0.25) is 0 Å². The summed E-state index contributed by atoms with van der Waals surface area (Å²) in [5.41, 5.74) is 0. The summed E-state index contributed by atoms with van der Waals surface area (Å²) in [5.74, 6) is -0.462. The summed E-state index contributed by atoms with van der Waals surface area (Å²) >= 11 is 0. The van der Waals surface area contributed by atoms with Crippen LogP contribution < -0.4 is 0 Å². The van der Waals surface area contributed by atoms with Crippen LogP contribution in [0.4, 0.5) is 4.39 Å². The van der Waals surface area contributed by atoms with E-state index in [2.05, 4.69) is 4.90 Å². The summed E-state index contributed by atoms with van der Waals surface area (Å²) in [6.07, 6.45) is -0.644. The Morgan fingerprint density at radius 2 is 1.77 bits per heavy atom. The first-order chi connectivity index (χ1) is 6.07. The van der Waals surface area contributed by atoms with Gasteiger partial charge in [-0.25, -0.2) is 4.39 Å². The highest BCUT2D eigenvalue weighted by atomic mass is 19.1. The molecule has 0 atom stereocenters. The van der Waals surface area contributed by atoms with Crippen LogP contribution in [0.2, 0.25) is 0 Å². The van der Waals surface area contributed by atoms with Crippen LogP contribution in [-0.2, 0) is 9.47 Å². The average molecular weight is 189 g/mol. The lowest BCUT2D eigenvalue weighted by Crippen LogP contribution is -2.59. The van der Waals surface area contributed by atoms with Crippen LogP contribution in [0.1, 0.15) is 13.8 Å². The fourth-order valence-electron chi connectivity index (χ4n) is 1.65. The summed E-state index contributed by atoms with van der Waals surface area (Å²) in [7, 11) is 0.